The van der Waals surface area contributed by atoms with Gasteiger partial charge in [-0.05, 0) is 25.5 Å². The third-order valence-corrected chi connectivity index (χ3v) is 4.00. The van der Waals surface area contributed by atoms with Gasteiger partial charge in [0.05, 0.1) is 18.4 Å². The van der Waals surface area contributed by atoms with Crippen molar-refractivity contribution in [1.29, 1.82) is 5.26 Å². The van der Waals surface area contributed by atoms with Gasteiger partial charge in [-0.3, -0.25) is 0 Å². The third-order valence-electron chi connectivity index (χ3n) is 2.79. The van der Waals surface area contributed by atoms with Crippen LogP contribution in [0.2, 0.25) is 0 Å². The second-order valence-corrected chi connectivity index (χ2v) is 5.96. The van der Waals surface area contributed by atoms with E-state index in [9.17, 15) is 0 Å². The average molecular weight is 301 g/mol. The summed E-state index contributed by atoms with van der Waals surface area (Å²) >= 11 is 6.79. The molecule has 2 aromatic rings. The van der Waals surface area contributed by atoms with Crippen molar-refractivity contribution in [2.75, 3.05) is 5.75 Å². The first-order valence-corrected chi connectivity index (χ1v) is 7.62. The summed E-state index contributed by atoms with van der Waals surface area (Å²) in [6.07, 6.45) is 1.69. The molecule has 0 aliphatic rings. The second kappa shape index (κ2) is 6.69. The molecule has 0 radical (unpaired) electrons. The summed E-state index contributed by atoms with van der Waals surface area (Å²) in [7, 11) is 0. The first-order valence-electron chi connectivity index (χ1n) is 6.23. The maximum Gasteiger partial charge on any atom is 0.170 e. The number of aromatic nitrogens is 2. The molecule has 0 aliphatic carbocycles. The van der Waals surface area contributed by atoms with Crippen LogP contribution < -0.4 is 0 Å². The van der Waals surface area contributed by atoms with Gasteiger partial charge in [0.15, 0.2) is 5.16 Å². The van der Waals surface area contributed by atoms with Gasteiger partial charge in [-0.1, -0.05) is 53.3 Å². The molecule has 1 heterocycles. The van der Waals surface area contributed by atoms with Crippen molar-refractivity contribution in [1.82, 2.24) is 9.55 Å². The fourth-order valence-corrected chi connectivity index (χ4v) is 3.04. The van der Waals surface area contributed by atoms with Gasteiger partial charge in [0.1, 0.15) is 4.64 Å². The maximum absolute atomic E-state index is 8.72. The molecule has 0 spiro atoms. The summed E-state index contributed by atoms with van der Waals surface area (Å²) in [4.78, 5) is 4.33. The fourth-order valence-electron chi connectivity index (χ4n) is 2.12. The van der Waals surface area contributed by atoms with Crippen LogP contribution in [0.15, 0.2) is 35.6 Å². The highest BCUT2D eigenvalue weighted by atomic mass is 32.2. The van der Waals surface area contributed by atoms with E-state index in [2.05, 4.69) is 43.1 Å². The molecule has 1 aromatic carbocycles. The number of hydrogen-bond acceptors (Lipinski definition) is 4. The van der Waals surface area contributed by atoms with Gasteiger partial charge in [0.2, 0.25) is 0 Å². The van der Waals surface area contributed by atoms with Crippen molar-refractivity contribution in [3.8, 4) is 6.07 Å². The van der Waals surface area contributed by atoms with E-state index in [4.69, 9.17) is 17.5 Å². The van der Waals surface area contributed by atoms with Crippen LogP contribution in [0.4, 0.5) is 0 Å². The number of nitrogens with zero attached hydrogens (tertiary/aromatic N) is 3. The van der Waals surface area contributed by atoms with E-state index in [0.29, 0.717) is 12.3 Å². The molecule has 0 amide bonds. The number of aryl methyl sites for hydroxylation is 2. The Labute approximate surface area is 128 Å². The predicted octanol–water partition coefficient (Wildman–Crippen LogP) is 3.89. The van der Waals surface area contributed by atoms with Crippen LogP contribution in [0.1, 0.15) is 16.7 Å². The summed E-state index contributed by atoms with van der Waals surface area (Å²) in [6.45, 7) is 4.86. The molecule has 0 bridgehead atoms. The Morgan fingerprint density at radius 2 is 2.00 bits per heavy atom. The van der Waals surface area contributed by atoms with Gasteiger partial charge in [-0.15, -0.1) is 0 Å². The molecule has 2 rings (SSSR count). The molecule has 20 heavy (non-hydrogen) atoms. The Morgan fingerprint density at radius 1 is 1.30 bits per heavy atom. The summed E-state index contributed by atoms with van der Waals surface area (Å²) in [6, 6.07) is 10.4. The lowest BCUT2D eigenvalue weighted by molar-refractivity contribution is 0.660. The van der Waals surface area contributed by atoms with Gasteiger partial charge in [0.25, 0.3) is 0 Å². The molecule has 0 saturated heterocycles. The monoisotopic (exact) mass is 301 g/mol. The molecule has 0 saturated carbocycles. The van der Waals surface area contributed by atoms with E-state index < -0.39 is 0 Å². The molecule has 0 unspecified atom stereocenters. The molecular weight excluding hydrogens is 286 g/mol. The fraction of sp³-hybridized carbons (Fsp3) is 0.267. The lowest BCUT2D eigenvalue weighted by Crippen LogP contribution is -2.07. The van der Waals surface area contributed by atoms with Crippen LogP contribution in [0, 0.1) is 29.8 Å². The molecule has 0 fully saturated rings. The van der Waals surface area contributed by atoms with E-state index in [1.807, 2.05) is 10.6 Å². The highest BCUT2D eigenvalue weighted by molar-refractivity contribution is 7.99. The lowest BCUT2D eigenvalue weighted by Gasteiger charge is -2.12. The first kappa shape index (κ1) is 14.8. The first-order chi connectivity index (χ1) is 9.60. The molecule has 0 atom stereocenters. The zero-order chi connectivity index (χ0) is 14.5. The lowest BCUT2D eigenvalue weighted by atomic mass is 10.1. The standard InChI is InChI=1S/C15H15N3S2/c1-11-7-12(2)9-13(8-11)10-18-14(19)3-5-17-15(18)20-6-4-16/h3,5,7-9H,6,10H2,1-2H3. The van der Waals surface area contributed by atoms with E-state index in [1.165, 1.54) is 28.5 Å². The SMILES string of the molecule is Cc1cc(C)cc(Cn2c(SCC#N)nccc2=S)c1. The Hall–Kier alpha value is -1.64. The topological polar surface area (TPSA) is 41.6 Å². The largest absolute Gasteiger partial charge is 0.307 e. The normalized spacial score (nSPS) is 10.2. The minimum Gasteiger partial charge on any atom is -0.307 e. The van der Waals surface area contributed by atoms with Crippen molar-refractivity contribution < 1.29 is 0 Å². The van der Waals surface area contributed by atoms with Gasteiger partial charge in [-0.25, -0.2) is 4.98 Å². The zero-order valence-electron chi connectivity index (χ0n) is 11.5. The minimum atomic E-state index is 0.374. The van der Waals surface area contributed by atoms with Crippen molar-refractivity contribution in [3.63, 3.8) is 0 Å². The quantitative estimate of drug-likeness (QED) is 0.488. The van der Waals surface area contributed by atoms with Crippen LogP contribution in [0.5, 0.6) is 0 Å². The predicted molar refractivity (Wildman–Crippen MR) is 84.4 cm³/mol. The highest BCUT2D eigenvalue weighted by Crippen LogP contribution is 2.18. The smallest absolute Gasteiger partial charge is 0.170 e. The molecule has 1 aromatic heterocycles. The van der Waals surface area contributed by atoms with Crippen molar-refractivity contribution >= 4 is 24.0 Å². The summed E-state index contributed by atoms with van der Waals surface area (Å²) < 4.78 is 2.71. The van der Waals surface area contributed by atoms with Gasteiger partial charge < -0.3 is 4.57 Å². The van der Waals surface area contributed by atoms with E-state index in [1.54, 1.807) is 6.20 Å². The summed E-state index contributed by atoms with van der Waals surface area (Å²) in [5.41, 5.74) is 3.67. The van der Waals surface area contributed by atoms with E-state index in [0.717, 1.165) is 9.80 Å². The van der Waals surface area contributed by atoms with Gasteiger partial charge in [0, 0.05) is 6.20 Å². The Morgan fingerprint density at radius 3 is 2.65 bits per heavy atom. The molecular formula is C15H15N3S2. The minimum absolute atomic E-state index is 0.374. The number of benzene rings is 1. The Balaban J connectivity index is 2.37. The van der Waals surface area contributed by atoms with Crippen LogP contribution in [-0.4, -0.2) is 15.3 Å². The van der Waals surface area contributed by atoms with Gasteiger partial charge in [-0.2, -0.15) is 5.26 Å². The molecule has 5 heteroatoms. The average Bonchev–Trinajstić information content (AvgIpc) is 2.38. The summed E-state index contributed by atoms with van der Waals surface area (Å²) in [5.74, 6) is 0.374. The van der Waals surface area contributed by atoms with Crippen LogP contribution in [0.3, 0.4) is 0 Å². The van der Waals surface area contributed by atoms with Crippen molar-refractivity contribution in [3.05, 3.63) is 51.8 Å². The second-order valence-electron chi connectivity index (χ2n) is 4.59. The van der Waals surface area contributed by atoms with Crippen molar-refractivity contribution in [2.45, 2.75) is 25.5 Å². The number of rotatable bonds is 4. The Kier molecular flexibility index (Phi) is 4.94. The number of thioether (sulfide) groups is 1. The molecule has 3 nitrogen and oxygen atoms in total. The molecule has 0 N–H and O–H groups in total. The number of nitriles is 1. The van der Waals surface area contributed by atoms with Gasteiger partial charge >= 0.3 is 0 Å². The zero-order valence-corrected chi connectivity index (χ0v) is 13.1. The van der Waals surface area contributed by atoms with Crippen molar-refractivity contribution in [2.24, 2.45) is 0 Å². The number of hydrogen-bond donors (Lipinski definition) is 0. The van der Waals surface area contributed by atoms with E-state index >= 15 is 0 Å². The molecule has 0 aliphatic heterocycles. The molecule has 102 valence electrons. The summed E-state index contributed by atoms with van der Waals surface area (Å²) in [5, 5.41) is 9.51. The Bertz CT molecular complexity index is 694. The maximum atomic E-state index is 8.72. The third kappa shape index (κ3) is 3.69. The van der Waals surface area contributed by atoms with Crippen LogP contribution >= 0.6 is 24.0 Å². The van der Waals surface area contributed by atoms with E-state index in [-0.39, 0.29) is 0 Å². The highest BCUT2D eigenvalue weighted by Gasteiger charge is 2.05. The van der Waals surface area contributed by atoms with Crippen LogP contribution in [0.25, 0.3) is 0 Å². The van der Waals surface area contributed by atoms with Crippen LogP contribution in [-0.2, 0) is 6.54 Å².